The zero-order valence-electron chi connectivity index (χ0n) is 19.4. The van der Waals surface area contributed by atoms with Crippen molar-refractivity contribution in [2.45, 2.75) is 127 Å². The second-order valence-electron chi connectivity index (χ2n) is 12.2. The highest BCUT2D eigenvalue weighted by molar-refractivity contribution is 6.32. The number of rotatable bonds is 6. The minimum atomic E-state index is -0.742. The molecule has 2 fully saturated rings. The van der Waals surface area contributed by atoms with Crippen LogP contribution in [0.25, 0.3) is 0 Å². The zero-order chi connectivity index (χ0) is 20.9. The Morgan fingerprint density at radius 1 is 0.741 bits per heavy atom. The highest BCUT2D eigenvalue weighted by atomic mass is 28.2. The number of hydrogen-bond donors (Lipinski definition) is 0. The van der Waals surface area contributed by atoms with E-state index in [9.17, 15) is 4.79 Å². The molecule has 158 valence electrons. The zero-order valence-corrected chi connectivity index (χ0v) is 22.2. The maximum absolute atomic E-state index is 12.9. The quantitative estimate of drug-likeness (QED) is 0.620. The fourth-order valence-corrected chi connectivity index (χ4v) is 6.27. The molecule has 2 heterocycles. The molecule has 0 aromatic heterocycles. The van der Waals surface area contributed by atoms with Gasteiger partial charge in [-0.25, -0.2) is 0 Å². The molecule has 0 radical (unpaired) electrons. The van der Waals surface area contributed by atoms with Crippen molar-refractivity contribution < 1.29 is 18.4 Å². The molecule has 2 bridgehead atoms. The topological polar surface area (TPSA) is 44.8 Å². The molecule has 2 unspecified atom stereocenters. The number of fused-ring (bicyclic) bond motifs is 2. The van der Waals surface area contributed by atoms with E-state index < -0.39 is 41.9 Å². The van der Waals surface area contributed by atoms with Crippen LogP contribution in [0.5, 0.6) is 0 Å². The van der Waals surface area contributed by atoms with E-state index in [4.69, 9.17) is 13.6 Å². The van der Waals surface area contributed by atoms with Crippen molar-refractivity contribution in [3.63, 3.8) is 0 Å². The normalized spacial score (nSPS) is 31.0. The van der Waals surface area contributed by atoms with Gasteiger partial charge in [-0.2, -0.15) is 0 Å². The summed E-state index contributed by atoms with van der Waals surface area (Å²) >= 11 is 0. The van der Waals surface area contributed by atoms with Gasteiger partial charge in [-0.15, -0.1) is 0 Å². The lowest BCUT2D eigenvalue weighted by atomic mass is 9.77. The average molecular weight is 415 g/mol. The largest absolute Gasteiger partial charge is 0.416 e. The molecule has 0 saturated carbocycles. The number of carbonyl (C=O) groups is 1. The van der Waals surface area contributed by atoms with E-state index in [2.05, 4.69) is 69.2 Å². The van der Waals surface area contributed by atoms with Gasteiger partial charge in [0.05, 0.1) is 11.2 Å². The van der Waals surface area contributed by atoms with Crippen molar-refractivity contribution in [1.29, 1.82) is 0 Å². The van der Waals surface area contributed by atoms with Crippen LogP contribution in [0.4, 0.5) is 0 Å². The molecule has 27 heavy (non-hydrogen) atoms. The van der Waals surface area contributed by atoms with E-state index in [1.54, 1.807) is 0 Å². The van der Waals surface area contributed by atoms with Crippen LogP contribution >= 0.6 is 0 Å². The SMILES string of the molecule is CC(C)(C)[SiH2]OC(C)(C)C12CCC(C(C)(C)O[SiH2]C(C)(C)C)(CC(=O)C1)O2. The van der Waals surface area contributed by atoms with E-state index in [0.29, 0.717) is 18.6 Å². The van der Waals surface area contributed by atoms with Gasteiger partial charge < -0.3 is 13.6 Å². The van der Waals surface area contributed by atoms with Gasteiger partial charge in [-0.05, 0) is 50.6 Å². The Bertz CT molecular complexity index is 526. The Kier molecular flexibility index (Phi) is 6.07. The summed E-state index contributed by atoms with van der Waals surface area (Å²) in [5, 5.41) is 0.423. The van der Waals surface area contributed by atoms with Gasteiger partial charge >= 0.3 is 0 Å². The third-order valence-corrected chi connectivity index (χ3v) is 9.68. The fraction of sp³-hybridized carbons (Fsp3) is 0.952. The highest BCUT2D eigenvalue weighted by Crippen LogP contribution is 2.57. The predicted octanol–water partition coefficient (Wildman–Crippen LogP) is 3.83. The fourth-order valence-electron chi connectivity index (χ4n) is 4.16. The van der Waals surface area contributed by atoms with Gasteiger partial charge in [-0.1, -0.05) is 41.5 Å². The number of ether oxygens (including phenoxy) is 1. The first-order valence-electron chi connectivity index (χ1n) is 10.4. The minimum absolute atomic E-state index is 0.211. The standard InChI is InChI=1S/C21H42O4Si2/c1-16(2,3)26-24-18(7,8)20-11-12-21(23-20,14-15(22)13-20)19(9,10)25-27-17(4,5)6/h11-14,26-27H2,1-10H3. The molecule has 6 heteroatoms. The van der Waals surface area contributed by atoms with E-state index in [1.165, 1.54) is 0 Å². The van der Waals surface area contributed by atoms with Crippen LogP contribution in [0, 0.1) is 0 Å². The lowest BCUT2D eigenvalue weighted by Crippen LogP contribution is -2.63. The Morgan fingerprint density at radius 3 is 1.37 bits per heavy atom. The molecular weight excluding hydrogens is 372 g/mol. The van der Waals surface area contributed by atoms with E-state index in [0.717, 1.165) is 12.8 Å². The summed E-state index contributed by atoms with van der Waals surface area (Å²) in [7, 11) is -1.48. The van der Waals surface area contributed by atoms with Crippen LogP contribution < -0.4 is 0 Å². The van der Waals surface area contributed by atoms with E-state index in [-0.39, 0.29) is 10.1 Å². The summed E-state index contributed by atoms with van der Waals surface area (Å²) in [6.45, 7) is 21.9. The van der Waals surface area contributed by atoms with Crippen molar-refractivity contribution in [1.82, 2.24) is 0 Å². The Morgan fingerprint density at radius 2 is 1.07 bits per heavy atom. The molecule has 0 aromatic rings. The second kappa shape index (κ2) is 7.04. The first-order chi connectivity index (χ1) is 11.9. The predicted molar refractivity (Wildman–Crippen MR) is 117 cm³/mol. The summed E-state index contributed by atoms with van der Waals surface area (Å²) in [5.41, 5.74) is -1.96. The number of hydrogen-bond acceptors (Lipinski definition) is 4. The Balaban J connectivity index is 2.26. The van der Waals surface area contributed by atoms with Gasteiger partial charge in [0, 0.05) is 12.8 Å². The molecule has 0 spiro atoms. The van der Waals surface area contributed by atoms with Crippen LogP contribution in [-0.2, 0) is 18.4 Å². The van der Waals surface area contributed by atoms with Gasteiger partial charge in [0.1, 0.15) is 17.0 Å². The molecule has 0 aromatic carbocycles. The lowest BCUT2D eigenvalue weighted by Gasteiger charge is -2.53. The average Bonchev–Trinajstić information content (AvgIpc) is 2.77. The van der Waals surface area contributed by atoms with Crippen molar-refractivity contribution in [2.24, 2.45) is 0 Å². The van der Waals surface area contributed by atoms with Crippen molar-refractivity contribution >= 4 is 25.3 Å². The van der Waals surface area contributed by atoms with Gasteiger partial charge in [0.25, 0.3) is 0 Å². The third kappa shape index (κ3) is 4.94. The molecule has 2 saturated heterocycles. The first kappa shape index (κ1) is 23.3. The summed E-state index contributed by atoms with van der Waals surface area (Å²) in [4.78, 5) is 12.9. The smallest absolute Gasteiger partial charge is 0.167 e. The van der Waals surface area contributed by atoms with Crippen molar-refractivity contribution in [2.75, 3.05) is 0 Å². The number of ketones is 1. The summed E-state index contributed by atoms with van der Waals surface area (Å²) in [6.07, 6.45) is 2.67. The molecule has 2 aliphatic heterocycles. The monoisotopic (exact) mass is 414 g/mol. The van der Waals surface area contributed by atoms with Crippen LogP contribution in [0.15, 0.2) is 0 Å². The van der Waals surface area contributed by atoms with Gasteiger partial charge in [0.15, 0.2) is 19.5 Å². The Hall–Kier alpha value is -0.0162. The molecule has 0 aliphatic carbocycles. The summed E-state index contributed by atoms with van der Waals surface area (Å²) < 4.78 is 19.9. The van der Waals surface area contributed by atoms with Crippen LogP contribution in [0.1, 0.15) is 94.9 Å². The van der Waals surface area contributed by atoms with Gasteiger partial charge in [-0.3, -0.25) is 4.79 Å². The third-order valence-electron chi connectivity index (χ3n) is 6.22. The maximum atomic E-state index is 12.9. The van der Waals surface area contributed by atoms with E-state index in [1.807, 2.05) is 0 Å². The highest BCUT2D eigenvalue weighted by Gasteiger charge is 2.66. The minimum Gasteiger partial charge on any atom is -0.416 e. The van der Waals surface area contributed by atoms with Gasteiger partial charge in [0.2, 0.25) is 0 Å². The molecule has 2 aliphatic rings. The molecule has 0 N–H and O–H groups in total. The molecular formula is C21H42O4Si2. The van der Waals surface area contributed by atoms with Crippen LogP contribution in [0.2, 0.25) is 10.1 Å². The van der Waals surface area contributed by atoms with Crippen molar-refractivity contribution in [3.8, 4) is 0 Å². The molecule has 2 atom stereocenters. The van der Waals surface area contributed by atoms with Crippen molar-refractivity contribution in [3.05, 3.63) is 0 Å². The molecule has 0 amide bonds. The molecule has 2 rings (SSSR count). The molecule has 4 nitrogen and oxygen atoms in total. The second-order valence-corrected chi connectivity index (χ2v) is 17.6. The lowest BCUT2D eigenvalue weighted by molar-refractivity contribution is -0.242. The van der Waals surface area contributed by atoms with Crippen LogP contribution in [0.3, 0.4) is 0 Å². The number of Topliss-reactive ketones (excluding diaryl/α,β-unsaturated/α-hetero) is 1. The van der Waals surface area contributed by atoms with Crippen LogP contribution in [-0.4, -0.2) is 47.7 Å². The summed E-state index contributed by atoms with van der Waals surface area (Å²) in [5.74, 6) is 0.293. The van der Waals surface area contributed by atoms with E-state index >= 15 is 0 Å². The summed E-state index contributed by atoms with van der Waals surface area (Å²) in [6, 6.07) is 0. The maximum Gasteiger partial charge on any atom is 0.167 e. The Labute approximate surface area is 171 Å². The number of carbonyl (C=O) groups excluding carboxylic acids is 1. The first-order valence-corrected chi connectivity index (χ1v) is 13.0.